The number of hydrogen-bond acceptors (Lipinski definition) is 6. The lowest BCUT2D eigenvalue weighted by molar-refractivity contribution is -0.142. The number of esters is 1. The summed E-state index contributed by atoms with van der Waals surface area (Å²) in [6.07, 6.45) is 1.49. The number of nitrogens with one attached hydrogen (secondary N) is 1. The van der Waals surface area contributed by atoms with Crippen LogP contribution in [0.4, 0.5) is 5.82 Å². The van der Waals surface area contributed by atoms with Crippen molar-refractivity contribution in [2.75, 3.05) is 11.9 Å². The van der Waals surface area contributed by atoms with Crippen molar-refractivity contribution < 1.29 is 18.8 Å². The van der Waals surface area contributed by atoms with Gasteiger partial charge in [-0.05, 0) is 44.4 Å². The molecule has 0 aliphatic heterocycles. The lowest BCUT2D eigenvalue weighted by atomic mass is 10.1. The number of carbonyl (C=O) groups is 2. The molecule has 0 atom stereocenters. The third-order valence-electron chi connectivity index (χ3n) is 4.03. The van der Waals surface area contributed by atoms with Gasteiger partial charge in [0.25, 0.3) is 5.91 Å². The number of nitriles is 1. The molecule has 0 unspecified atom stereocenters. The van der Waals surface area contributed by atoms with Crippen molar-refractivity contribution in [1.82, 2.24) is 9.72 Å². The first-order chi connectivity index (χ1) is 13.2. The second-order valence-corrected chi connectivity index (χ2v) is 6.95. The molecular weight excluding hydrogens is 360 g/mol. The summed E-state index contributed by atoms with van der Waals surface area (Å²) in [5.41, 5.74) is 2.61. The smallest absolute Gasteiger partial charge is 0.349 e. The van der Waals surface area contributed by atoms with E-state index < -0.39 is 18.5 Å². The maximum absolute atomic E-state index is 12.2. The number of hydrogen-bond donors (Lipinski definition) is 1. The summed E-state index contributed by atoms with van der Waals surface area (Å²) in [5.74, 6) is -0.199. The predicted molar refractivity (Wildman–Crippen MR) is 103 cm³/mol. The van der Waals surface area contributed by atoms with Crippen LogP contribution in [0.3, 0.4) is 0 Å². The normalized spacial score (nSPS) is 11.4. The first-order valence-corrected chi connectivity index (χ1v) is 8.90. The van der Waals surface area contributed by atoms with Gasteiger partial charge in [0, 0.05) is 24.0 Å². The van der Waals surface area contributed by atoms with Crippen molar-refractivity contribution in [1.29, 1.82) is 5.26 Å². The summed E-state index contributed by atoms with van der Waals surface area (Å²) in [6, 6.07) is 5.30. The van der Waals surface area contributed by atoms with Crippen LogP contribution in [0.1, 0.15) is 36.6 Å². The van der Waals surface area contributed by atoms with E-state index in [-0.39, 0.29) is 11.4 Å². The maximum atomic E-state index is 12.2. The number of aromatic nitrogens is 2. The highest BCUT2D eigenvalue weighted by Crippen LogP contribution is 2.20. The summed E-state index contributed by atoms with van der Waals surface area (Å²) in [4.78, 5) is 24.0. The Balaban J connectivity index is 2.05. The number of amides is 1. The van der Waals surface area contributed by atoms with Crippen LogP contribution in [0, 0.1) is 38.0 Å². The minimum absolute atomic E-state index is 0.171. The SMILES string of the molecule is Cc1cc(NC(=O)COC(=O)/C(C#N)=C/c2cc(C)n(CC(C)C)c2C)no1. The zero-order chi connectivity index (χ0) is 20.8. The monoisotopic (exact) mass is 384 g/mol. The van der Waals surface area contributed by atoms with Gasteiger partial charge in [-0.25, -0.2) is 4.79 Å². The summed E-state index contributed by atoms with van der Waals surface area (Å²) in [6.45, 7) is 10.2. The molecule has 0 aliphatic carbocycles. The van der Waals surface area contributed by atoms with E-state index in [9.17, 15) is 14.9 Å². The van der Waals surface area contributed by atoms with Crippen molar-refractivity contribution in [3.63, 3.8) is 0 Å². The average Bonchev–Trinajstić information content (AvgIpc) is 3.14. The van der Waals surface area contributed by atoms with Crippen LogP contribution >= 0.6 is 0 Å². The van der Waals surface area contributed by atoms with Gasteiger partial charge in [-0.1, -0.05) is 19.0 Å². The zero-order valence-electron chi connectivity index (χ0n) is 16.7. The molecule has 0 spiro atoms. The fraction of sp³-hybridized carbons (Fsp3) is 0.400. The predicted octanol–water partition coefficient (Wildman–Crippen LogP) is 3.15. The molecule has 28 heavy (non-hydrogen) atoms. The minimum Gasteiger partial charge on any atom is -0.451 e. The lowest BCUT2D eigenvalue weighted by Gasteiger charge is -2.12. The van der Waals surface area contributed by atoms with Gasteiger partial charge in [0.1, 0.15) is 17.4 Å². The highest BCUT2D eigenvalue weighted by atomic mass is 16.5. The molecular formula is C20H24N4O4. The van der Waals surface area contributed by atoms with E-state index in [1.54, 1.807) is 6.92 Å². The Hall–Kier alpha value is -3.34. The van der Waals surface area contributed by atoms with Crippen LogP contribution in [0.5, 0.6) is 0 Å². The second kappa shape index (κ2) is 9.04. The molecule has 1 amide bonds. The molecule has 0 saturated carbocycles. The summed E-state index contributed by atoms with van der Waals surface area (Å²) in [7, 11) is 0. The summed E-state index contributed by atoms with van der Waals surface area (Å²) < 4.78 is 11.9. The molecule has 0 aromatic carbocycles. The van der Waals surface area contributed by atoms with Gasteiger partial charge in [-0.15, -0.1) is 0 Å². The summed E-state index contributed by atoms with van der Waals surface area (Å²) >= 11 is 0. The molecule has 0 fully saturated rings. The van der Waals surface area contributed by atoms with E-state index in [2.05, 4.69) is 28.9 Å². The third-order valence-corrected chi connectivity index (χ3v) is 4.03. The van der Waals surface area contributed by atoms with E-state index in [4.69, 9.17) is 9.26 Å². The second-order valence-electron chi connectivity index (χ2n) is 6.95. The third kappa shape index (κ3) is 5.33. The number of ether oxygens (including phenoxy) is 1. The number of aryl methyl sites for hydroxylation is 2. The van der Waals surface area contributed by atoms with Gasteiger partial charge in [0.15, 0.2) is 12.4 Å². The van der Waals surface area contributed by atoms with Crippen LogP contribution in [0.2, 0.25) is 0 Å². The van der Waals surface area contributed by atoms with Crippen molar-refractivity contribution in [2.24, 2.45) is 5.92 Å². The quantitative estimate of drug-likeness (QED) is 0.446. The molecule has 2 heterocycles. The summed E-state index contributed by atoms with van der Waals surface area (Å²) in [5, 5.41) is 15.4. The van der Waals surface area contributed by atoms with E-state index in [1.165, 1.54) is 12.1 Å². The molecule has 1 N–H and O–H groups in total. The molecule has 0 saturated heterocycles. The highest BCUT2D eigenvalue weighted by molar-refractivity contribution is 6.00. The Morgan fingerprint density at radius 3 is 2.64 bits per heavy atom. The zero-order valence-corrected chi connectivity index (χ0v) is 16.7. The van der Waals surface area contributed by atoms with E-state index in [0.29, 0.717) is 11.7 Å². The molecule has 2 aromatic rings. The van der Waals surface area contributed by atoms with Crippen molar-refractivity contribution >= 4 is 23.8 Å². The van der Waals surface area contributed by atoms with Gasteiger partial charge in [0.05, 0.1) is 0 Å². The lowest BCUT2D eigenvalue weighted by Crippen LogP contribution is -2.21. The van der Waals surface area contributed by atoms with Gasteiger partial charge in [-0.2, -0.15) is 5.26 Å². The van der Waals surface area contributed by atoms with Gasteiger partial charge in [-0.3, -0.25) is 4.79 Å². The molecule has 0 aliphatic rings. The van der Waals surface area contributed by atoms with Gasteiger partial charge in [0.2, 0.25) is 0 Å². The number of carbonyl (C=O) groups excluding carboxylic acids is 2. The van der Waals surface area contributed by atoms with E-state index in [1.807, 2.05) is 26.0 Å². The fourth-order valence-corrected chi connectivity index (χ4v) is 2.73. The number of nitrogens with zero attached hydrogens (tertiary/aromatic N) is 3. The van der Waals surface area contributed by atoms with Gasteiger partial charge < -0.3 is 19.1 Å². The van der Waals surface area contributed by atoms with Crippen molar-refractivity contribution in [2.45, 2.75) is 41.2 Å². The Kier molecular flexibility index (Phi) is 6.77. The van der Waals surface area contributed by atoms with E-state index >= 15 is 0 Å². The maximum Gasteiger partial charge on any atom is 0.349 e. The molecule has 2 rings (SSSR count). The van der Waals surface area contributed by atoms with Gasteiger partial charge >= 0.3 is 5.97 Å². The van der Waals surface area contributed by atoms with Crippen molar-refractivity contribution in [3.8, 4) is 6.07 Å². The molecule has 148 valence electrons. The van der Waals surface area contributed by atoms with Crippen LogP contribution < -0.4 is 5.32 Å². The standard InChI is InChI=1S/C20H24N4O4/c1-12(2)10-24-13(3)6-16(15(24)5)8-17(9-21)20(26)27-11-19(25)22-18-7-14(4)28-23-18/h6-8,12H,10-11H2,1-5H3,(H,22,23,25)/b17-8+. The minimum atomic E-state index is -0.859. The molecule has 0 radical (unpaired) electrons. The molecule has 2 aromatic heterocycles. The Labute approximate surface area is 163 Å². The highest BCUT2D eigenvalue weighted by Gasteiger charge is 2.16. The number of anilines is 1. The van der Waals surface area contributed by atoms with Crippen molar-refractivity contribution in [3.05, 3.63) is 40.4 Å². The fourth-order valence-electron chi connectivity index (χ4n) is 2.73. The molecule has 0 bridgehead atoms. The Morgan fingerprint density at radius 1 is 1.36 bits per heavy atom. The first-order valence-electron chi connectivity index (χ1n) is 8.90. The Morgan fingerprint density at radius 2 is 2.07 bits per heavy atom. The molecule has 8 nitrogen and oxygen atoms in total. The topological polar surface area (TPSA) is 110 Å². The average molecular weight is 384 g/mol. The largest absolute Gasteiger partial charge is 0.451 e. The molecule has 8 heteroatoms. The van der Waals surface area contributed by atoms with E-state index in [0.717, 1.165) is 23.5 Å². The van der Waals surface area contributed by atoms with Crippen LogP contribution in [0.25, 0.3) is 6.08 Å². The van der Waals surface area contributed by atoms with Crippen LogP contribution in [-0.4, -0.2) is 28.2 Å². The number of rotatable bonds is 7. The first kappa shape index (κ1) is 21.0. The van der Waals surface area contributed by atoms with Crippen LogP contribution in [-0.2, 0) is 20.9 Å². The van der Waals surface area contributed by atoms with Crippen LogP contribution in [0.15, 0.2) is 22.2 Å². The Bertz CT molecular complexity index is 944.